The monoisotopic (exact) mass is 875 g/mol. The second-order valence-corrected chi connectivity index (χ2v) is 16.9. The number of nitrogens with zero attached hydrogens (tertiary/aromatic N) is 6. The van der Waals surface area contributed by atoms with Gasteiger partial charge in [0.15, 0.2) is 5.82 Å². The first-order chi connectivity index (χ1) is 28.5. The summed E-state index contributed by atoms with van der Waals surface area (Å²) < 4.78 is 105. The number of aromatic nitrogens is 6. The van der Waals surface area contributed by atoms with Crippen LogP contribution < -0.4 is 4.72 Å². The molecule has 0 spiro atoms. The standard InChI is InChI=1S/C27H25F3N4O2S.C17H11ClF3N3/c1-17-14-23(18-8-10-20(11-9-18)27(28,29)30)32-24(15-17)22-12-13-31-25(33-22)19-6-5-7-21(16-19)37(35,36)34-26(2,3)4;1-10-8-14(11-2-4-12(5-3-11)17(19,20)21)23-15(9-10)13-6-7-22-16(18)24-13/h5-16,34H,1-4H3;2-9H,1H3. The van der Waals surface area contributed by atoms with Gasteiger partial charge in [-0.3, -0.25) is 0 Å². The van der Waals surface area contributed by atoms with Crippen LogP contribution in [0, 0.1) is 13.8 Å². The van der Waals surface area contributed by atoms with Crippen LogP contribution in [0.3, 0.4) is 0 Å². The molecule has 7 rings (SSSR count). The fraction of sp³-hybridized carbons (Fsp3) is 0.182. The molecule has 0 aliphatic heterocycles. The van der Waals surface area contributed by atoms with Crippen LogP contribution in [0.1, 0.15) is 43.0 Å². The molecule has 0 aliphatic carbocycles. The average Bonchev–Trinajstić information content (AvgIpc) is 3.19. The summed E-state index contributed by atoms with van der Waals surface area (Å²) in [6.45, 7) is 9.01. The van der Waals surface area contributed by atoms with Crippen LogP contribution in [0.2, 0.25) is 5.28 Å². The molecule has 17 heteroatoms. The molecule has 0 saturated carbocycles. The molecule has 4 aromatic heterocycles. The second kappa shape index (κ2) is 17.5. The number of hydrogen-bond donors (Lipinski definition) is 1. The van der Waals surface area contributed by atoms with Crippen molar-refractivity contribution < 1.29 is 34.8 Å². The van der Waals surface area contributed by atoms with E-state index in [1.807, 2.05) is 26.0 Å². The van der Waals surface area contributed by atoms with Crippen molar-refractivity contribution in [3.8, 4) is 56.7 Å². The molecule has 0 atom stereocenters. The predicted octanol–water partition coefficient (Wildman–Crippen LogP) is 11.5. The van der Waals surface area contributed by atoms with Gasteiger partial charge in [-0.15, -0.1) is 0 Å². The first-order valence-electron chi connectivity index (χ1n) is 18.3. The Kier molecular flexibility index (Phi) is 12.7. The molecule has 314 valence electrons. The Balaban J connectivity index is 0.000000223. The smallest absolute Gasteiger partial charge is 0.246 e. The van der Waals surface area contributed by atoms with Gasteiger partial charge < -0.3 is 0 Å². The van der Waals surface area contributed by atoms with Crippen LogP contribution in [-0.4, -0.2) is 43.9 Å². The van der Waals surface area contributed by atoms with E-state index in [1.165, 1.54) is 42.6 Å². The summed E-state index contributed by atoms with van der Waals surface area (Å²) in [5, 5.41) is 0.104. The Morgan fingerprint density at radius 2 is 0.984 bits per heavy atom. The Morgan fingerprint density at radius 3 is 1.44 bits per heavy atom. The number of alkyl halides is 6. The minimum Gasteiger partial charge on any atom is -0.246 e. The topological polar surface area (TPSA) is 124 Å². The lowest BCUT2D eigenvalue weighted by molar-refractivity contribution is -0.138. The largest absolute Gasteiger partial charge is 0.416 e. The molecule has 0 fully saturated rings. The van der Waals surface area contributed by atoms with E-state index < -0.39 is 39.0 Å². The lowest BCUT2D eigenvalue weighted by atomic mass is 10.1. The fourth-order valence-electron chi connectivity index (χ4n) is 5.94. The van der Waals surface area contributed by atoms with Crippen molar-refractivity contribution in [3.05, 3.63) is 149 Å². The Bertz CT molecular complexity index is 2800. The van der Waals surface area contributed by atoms with Crippen LogP contribution in [-0.2, 0) is 22.4 Å². The number of sulfonamides is 1. The van der Waals surface area contributed by atoms with Crippen LogP contribution in [0.15, 0.2) is 126 Å². The summed E-state index contributed by atoms with van der Waals surface area (Å²) >= 11 is 5.79. The number of aryl methyl sites for hydroxylation is 2. The van der Waals surface area contributed by atoms with E-state index in [9.17, 15) is 34.8 Å². The Morgan fingerprint density at radius 1 is 0.525 bits per heavy atom. The maximum atomic E-state index is 12.9. The molecule has 0 bridgehead atoms. The zero-order valence-electron chi connectivity index (χ0n) is 33.1. The Labute approximate surface area is 353 Å². The maximum absolute atomic E-state index is 12.9. The number of pyridine rings is 2. The van der Waals surface area contributed by atoms with Gasteiger partial charge in [-0.25, -0.2) is 43.0 Å². The van der Waals surface area contributed by atoms with Gasteiger partial charge in [0.2, 0.25) is 15.3 Å². The van der Waals surface area contributed by atoms with Gasteiger partial charge >= 0.3 is 12.4 Å². The lowest BCUT2D eigenvalue weighted by Crippen LogP contribution is -2.40. The molecular formula is C44H36ClF6N7O2S. The van der Waals surface area contributed by atoms with Crippen molar-refractivity contribution in [2.45, 2.75) is 57.4 Å². The molecule has 0 aliphatic rings. The van der Waals surface area contributed by atoms with E-state index in [0.29, 0.717) is 56.7 Å². The molecule has 61 heavy (non-hydrogen) atoms. The molecule has 3 aromatic carbocycles. The van der Waals surface area contributed by atoms with Crippen molar-refractivity contribution >= 4 is 21.6 Å². The Hall–Kier alpha value is -6.10. The zero-order valence-corrected chi connectivity index (χ0v) is 34.7. The number of nitrogens with one attached hydrogen (secondary N) is 1. The van der Waals surface area contributed by atoms with Crippen LogP contribution in [0.5, 0.6) is 0 Å². The minimum absolute atomic E-state index is 0.0900. The highest BCUT2D eigenvalue weighted by atomic mass is 35.5. The van der Waals surface area contributed by atoms with Crippen LogP contribution >= 0.6 is 11.6 Å². The summed E-state index contributed by atoms with van der Waals surface area (Å²) in [5.74, 6) is 0.310. The summed E-state index contributed by atoms with van der Waals surface area (Å²) in [6.07, 6.45) is -5.71. The molecule has 4 heterocycles. The van der Waals surface area contributed by atoms with E-state index in [-0.39, 0.29) is 10.2 Å². The molecule has 0 saturated heterocycles. The van der Waals surface area contributed by atoms with Gasteiger partial charge in [-0.05, 0) is 130 Å². The minimum atomic E-state index is -4.42. The van der Waals surface area contributed by atoms with E-state index in [1.54, 1.807) is 63.4 Å². The van der Waals surface area contributed by atoms with Gasteiger partial charge in [-0.1, -0.05) is 36.4 Å². The van der Waals surface area contributed by atoms with Gasteiger partial charge in [0.05, 0.1) is 50.2 Å². The average molecular weight is 876 g/mol. The number of halogens is 7. The highest BCUT2D eigenvalue weighted by Crippen LogP contribution is 2.33. The van der Waals surface area contributed by atoms with Crippen LogP contribution in [0.4, 0.5) is 26.3 Å². The van der Waals surface area contributed by atoms with Crippen molar-refractivity contribution in [2.75, 3.05) is 0 Å². The normalized spacial score (nSPS) is 12.1. The SMILES string of the molecule is Cc1cc(-c2ccc(C(F)(F)F)cc2)nc(-c2ccnc(-c3cccc(S(=O)(=O)NC(C)(C)C)c3)n2)c1.Cc1cc(-c2ccc(C(F)(F)F)cc2)nc(-c2ccnc(Cl)n2)c1. The van der Waals surface area contributed by atoms with Crippen molar-refractivity contribution in [1.29, 1.82) is 0 Å². The predicted molar refractivity (Wildman–Crippen MR) is 221 cm³/mol. The van der Waals surface area contributed by atoms with Gasteiger partial charge in [0, 0.05) is 34.6 Å². The zero-order chi connectivity index (χ0) is 44.3. The van der Waals surface area contributed by atoms with Crippen molar-refractivity contribution in [2.24, 2.45) is 0 Å². The number of hydrogen-bond acceptors (Lipinski definition) is 8. The van der Waals surface area contributed by atoms with Gasteiger partial charge in [0.1, 0.15) is 0 Å². The van der Waals surface area contributed by atoms with Crippen molar-refractivity contribution in [3.63, 3.8) is 0 Å². The van der Waals surface area contributed by atoms with Crippen molar-refractivity contribution in [1.82, 2.24) is 34.6 Å². The third-order valence-corrected chi connectivity index (χ3v) is 10.5. The molecule has 0 radical (unpaired) electrons. The quantitative estimate of drug-likeness (QED) is 0.124. The third-order valence-electron chi connectivity index (χ3n) is 8.61. The van der Waals surface area contributed by atoms with Gasteiger partial charge in [0.25, 0.3) is 0 Å². The molecule has 0 unspecified atom stereocenters. The third kappa shape index (κ3) is 11.6. The maximum Gasteiger partial charge on any atom is 0.416 e. The summed E-state index contributed by atoms with van der Waals surface area (Å²) in [5.41, 5.74) is 4.52. The van der Waals surface area contributed by atoms with E-state index in [4.69, 9.17) is 11.6 Å². The second-order valence-electron chi connectivity index (χ2n) is 14.8. The molecular weight excluding hydrogens is 840 g/mol. The number of benzene rings is 3. The highest BCUT2D eigenvalue weighted by Gasteiger charge is 2.31. The number of rotatable bonds is 7. The lowest BCUT2D eigenvalue weighted by Gasteiger charge is -2.20. The summed E-state index contributed by atoms with van der Waals surface area (Å²) in [4.78, 5) is 26.0. The van der Waals surface area contributed by atoms with Crippen LogP contribution in [0.25, 0.3) is 56.7 Å². The summed E-state index contributed by atoms with van der Waals surface area (Å²) in [7, 11) is -3.75. The molecule has 1 N–H and O–H groups in total. The van der Waals surface area contributed by atoms with Gasteiger partial charge in [-0.2, -0.15) is 26.3 Å². The van der Waals surface area contributed by atoms with E-state index in [2.05, 4.69) is 34.6 Å². The molecule has 9 nitrogen and oxygen atoms in total. The molecule has 0 amide bonds. The first kappa shape index (κ1) is 44.5. The fourth-order valence-corrected chi connectivity index (χ4v) is 7.55. The first-order valence-corrected chi connectivity index (χ1v) is 20.2. The summed E-state index contributed by atoms with van der Waals surface area (Å²) in [6, 6.07) is 26.6. The highest BCUT2D eigenvalue weighted by molar-refractivity contribution is 7.89. The van der Waals surface area contributed by atoms with E-state index in [0.717, 1.165) is 35.4 Å². The molecule has 7 aromatic rings. The van der Waals surface area contributed by atoms with E-state index >= 15 is 0 Å².